The van der Waals surface area contributed by atoms with Crippen LogP contribution in [0.15, 0.2) is 59.5 Å². The highest BCUT2D eigenvalue weighted by Gasteiger charge is 2.43. The number of carbonyl (C=O) groups excluding carboxylic acids is 3. The van der Waals surface area contributed by atoms with E-state index < -0.39 is 34.4 Å². The number of sulfonamides is 1. The first kappa shape index (κ1) is 23.9. The maximum Gasteiger partial charge on any atom is 0.269 e. The van der Waals surface area contributed by atoms with E-state index >= 15 is 0 Å². The van der Waals surface area contributed by atoms with Gasteiger partial charge in [0.15, 0.2) is 0 Å². The molecule has 0 saturated heterocycles. The topological polar surface area (TPSA) is 104 Å². The molecule has 2 aliphatic rings. The minimum absolute atomic E-state index is 0.0491. The van der Waals surface area contributed by atoms with Crippen molar-refractivity contribution in [1.82, 2.24) is 14.5 Å². The van der Waals surface area contributed by atoms with Crippen LogP contribution in [-0.2, 0) is 26.2 Å². The second-order valence-corrected chi connectivity index (χ2v) is 10.7. The van der Waals surface area contributed by atoms with Crippen molar-refractivity contribution in [2.75, 3.05) is 6.54 Å². The molecule has 1 aliphatic heterocycles. The maximum absolute atomic E-state index is 13.4. The normalized spacial score (nSPS) is 18.3. The Labute approximate surface area is 200 Å². The van der Waals surface area contributed by atoms with Crippen molar-refractivity contribution < 1.29 is 22.8 Å². The summed E-state index contributed by atoms with van der Waals surface area (Å²) in [5, 5.41) is 3.04. The van der Waals surface area contributed by atoms with Crippen molar-refractivity contribution in [2.45, 2.75) is 62.6 Å². The van der Waals surface area contributed by atoms with Crippen molar-refractivity contribution in [3.63, 3.8) is 0 Å². The molecule has 0 aromatic heterocycles. The van der Waals surface area contributed by atoms with Crippen LogP contribution >= 0.6 is 0 Å². The monoisotopic (exact) mass is 483 g/mol. The van der Waals surface area contributed by atoms with Gasteiger partial charge in [-0.1, -0.05) is 61.7 Å². The van der Waals surface area contributed by atoms with Crippen LogP contribution < -0.4 is 5.32 Å². The number of fused-ring (bicyclic) bond motifs is 1. The first-order valence-corrected chi connectivity index (χ1v) is 13.0. The van der Waals surface area contributed by atoms with Gasteiger partial charge in [0.05, 0.1) is 5.56 Å². The Morgan fingerprint density at radius 1 is 1.03 bits per heavy atom. The molecule has 2 aromatic carbocycles. The standard InChI is InChI=1S/C25H29N3O5S/c1-18(24(30)26-20-12-6-3-7-13-20)27(16-19-10-4-2-5-11-19)23(29)17-28-25(31)21-14-8-9-15-22(21)34(28,32)33/h2,4-5,8-11,14-15,18,20H,3,6-7,12-13,16-17H2,1H3,(H,26,30). The molecule has 1 unspecified atom stereocenters. The molecule has 180 valence electrons. The van der Waals surface area contributed by atoms with Gasteiger partial charge in [0.2, 0.25) is 11.8 Å². The molecule has 8 nitrogen and oxygen atoms in total. The molecule has 0 spiro atoms. The summed E-state index contributed by atoms with van der Waals surface area (Å²) >= 11 is 0. The second-order valence-electron chi connectivity index (χ2n) is 8.84. The van der Waals surface area contributed by atoms with Gasteiger partial charge in [0.25, 0.3) is 15.9 Å². The Morgan fingerprint density at radius 3 is 2.35 bits per heavy atom. The highest BCUT2D eigenvalue weighted by Crippen LogP contribution is 2.30. The zero-order valence-electron chi connectivity index (χ0n) is 19.1. The molecule has 0 radical (unpaired) electrons. The smallest absolute Gasteiger partial charge is 0.269 e. The lowest BCUT2D eigenvalue weighted by Gasteiger charge is -2.32. The number of rotatable bonds is 7. The molecule has 1 heterocycles. The fourth-order valence-corrected chi connectivity index (χ4v) is 6.05. The molecule has 3 amide bonds. The summed E-state index contributed by atoms with van der Waals surface area (Å²) in [7, 11) is -4.13. The SMILES string of the molecule is CC(C(=O)NC1CCCCC1)N(Cc1ccccc1)C(=O)CN1C(=O)c2ccccc2S1(=O)=O. The Balaban J connectivity index is 1.55. The fourth-order valence-electron chi connectivity index (χ4n) is 4.53. The van der Waals surface area contributed by atoms with E-state index in [9.17, 15) is 22.8 Å². The summed E-state index contributed by atoms with van der Waals surface area (Å²) < 4.78 is 26.5. The Hall–Kier alpha value is -3.20. The van der Waals surface area contributed by atoms with Crippen molar-refractivity contribution in [1.29, 1.82) is 0 Å². The zero-order valence-corrected chi connectivity index (χ0v) is 20.0. The minimum atomic E-state index is -4.13. The molecule has 0 bridgehead atoms. The largest absolute Gasteiger partial charge is 0.352 e. The highest BCUT2D eigenvalue weighted by molar-refractivity contribution is 7.90. The van der Waals surface area contributed by atoms with Crippen LogP contribution in [0.4, 0.5) is 0 Å². The third-order valence-corrected chi connectivity index (χ3v) is 8.29. The number of nitrogens with one attached hydrogen (secondary N) is 1. The van der Waals surface area contributed by atoms with E-state index in [2.05, 4.69) is 5.32 Å². The fraction of sp³-hybridized carbons (Fsp3) is 0.400. The molecule has 9 heteroatoms. The van der Waals surface area contributed by atoms with E-state index in [1.54, 1.807) is 13.0 Å². The van der Waals surface area contributed by atoms with Crippen LogP contribution in [0.3, 0.4) is 0 Å². The maximum atomic E-state index is 13.4. The lowest BCUT2D eigenvalue weighted by Crippen LogP contribution is -2.52. The molecule has 1 atom stereocenters. The van der Waals surface area contributed by atoms with Crippen molar-refractivity contribution >= 4 is 27.7 Å². The molecule has 34 heavy (non-hydrogen) atoms. The van der Waals surface area contributed by atoms with Gasteiger partial charge < -0.3 is 10.2 Å². The summed E-state index contributed by atoms with van der Waals surface area (Å²) in [6, 6.07) is 14.3. The lowest BCUT2D eigenvalue weighted by atomic mass is 9.95. The molecular formula is C25H29N3O5S. The van der Waals surface area contributed by atoms with E-state index in [0.717, 1.165) is 37.7 Å². The van der Waals surface area contributed by atoms with E-state index in [1.165, 1.54) is 23.1 Å². The molecule has 4 rings (SSSR count). The van der Waals surface area contributed by atoms with Gasteiger partial charge in [-0.2, -0.15) is 0 Å². The average Bonchev–Trinajstić information content (AvgIpc) is 3.04. The Bertz CT molecular complexity index is 1180. The van der Waals surface area contributed by atoms with Gasteiger partial charge in [0.1, 0.15) is 17.5 Å². The van der Waals surface area contributed by atoms with Crippen LogP contribution in [0.5, 0.6) is 0 Å². The number of nitrogens with zero attached hydrogens (tertiary/aromatic N) is 2. The number of benzene rings is 2. The molecule has 2 aromatic rings. The lowest BCUT2D eigenvalue weighted by molar-refractivity contribution is -0.140. The predicted molar refractivity (Wildman–Crippen MR) is 126 cm³/mol. The Kier molecular flexibility index (Phi) is 7.02. The summed E-state index contributed by atoms with van der Waals surface area (Å²) in [6.07, 6.45) is 5.08. The first-order chi connectivity index (χ1) is 16.3. The average molecular weight is 484 g/mol. The first-order valence-electron chi connectivity index (χ1n) is 11.6. The zero-order chi connectivity index (χ0) is 24.3. The molecule has 1 aliphatic carbocycles. The molecule has 1 fully saturated rings. The van der Waals surface area contributed by atoms with Crippen LogP contribution in [0, 0.1) is 0 Å². The van der Waals surface area contributed by atoms with Gasteiger partial charge in [0, 0.05) is 12.6 Å². The Morgan fingerprint density at radius 2 is 1.68 bits per heavy atom. The van der Waals surface area contributed by atoms with Gasteiger partial charge in [-0.15, -0.1) is 0 Å². The van der Waals surface area contributed by atoms with Gasteiger partial charge in [-0.05, 0) is 37.5 Å². The second kappa shape index (κ2) is 9.97. The highest BCUT2D eigenvalue weighted by atomic mass is 32.2. The van der Waals surface area contributed by atoms with Gasteiger partial charge in [-0.25, -0.2) is 12.7 Å². The van der Waals surface area contributed by atoms with E-state index in [0.29, 0.717) is 4.31 Å². The van der Waals surface area contributed by atoms with Crippen LogP contribution in [0.25, 0.3) is 0 Å². The summed E-state index contributed by atoms with van der Waals surface area (Å²) in [4.78, 5) is 40.5. The predicted octanol–water partition coefficient (Wildman–Crippen LogP) is 2.70. The van der Waals surface area contributed by atoms with Crippen LogP contribution in [0.2, 0.25) is 0 Å². The van der Waals surface area contributed by atoms with E-state index in [-0.39, 0.29) is 29.0 Å². The molecular weight excluding hydrogens is 454 g/mol. The van der Waals surface area contributed by atoms with Crippen molar-refractivity contribution in [3.05, 3.63) is 65.7 Å². The summed E-state index contributed by atoms with van der Waals surface area (Å²) in [5.41, 5.74) is 0.847. The van der Waals surface area contributed by atoms with E-state index in [1.807, 2.05) is 30.3 Å². The quantitative estimate of drug-likeness (QED) is 0.652. The van der Waals surface area contributed by atoms with Crippen LogP contribution in [-0.4, -0.2) is 54.0 Å². The number of carbonyl (C=O) groups is 3. The third-order valence-electron chi connectivity index (χ3n) is 6.51. The molecule has 1 saturated carbocycles. The summed E-state index contributed by atoms with van der Waals surface area (Å²) in [5.74, 6) is -1.63. The van der Waals surface area contributed by atoms with Crippen molar-refractivity contribution in [2.24, 2.45) is 0 Å². The molecule has 1 N–H and O–H groups in total. The van der Waals surface area contributed by atoms with Gasteiger partial charge in [-0.3, -0.25) is 14.4 Å². The van der Waals surface area contributed by atoms with Crippen LogP contribution in [0.1, 0.15) is 54.9 Å². The van der Waals surface area contributed by atoms with Crippen molar-refractivity contribution in [3.8, 4) is 0 Å². The number of hydrogen-bond acceptors (Lipinski definition) is 5. The third kappa shape index (κ3) is 4.84. The minimum Gasteiger partial charge on any atom is -0.352 e. The van der Waals surface area contributed by atoms with E-state index in [4.69, 9.17) is 0 Å². The number of hydrogen-bond donors (Lipinski definition) is 1. The van der Waals surface area contributed by atoms with Gasteiger partial charge >= 0.3 is 0 Å². The number of amides is 3. The summed E-state index contributed by atoms with van der Waals surface area (Å²) in [6.45, 7) is 1.09.